The van der Waals surface area contributed by atoms with Gasteiger partial charge in [-0.1, -0.05) is 26.7 Å². The minimum Gasteiger partial charge on any atom is -0.320 e. The van der Waals surface area contributed by atoms with Crippen LogP contribution in [0.5, 0.6) is 0 Å². The second-order valence-electron chi connectivity index (χ2n) is 5.94. The van der Waals surface area contributed by atoms with Gasteiger partial charge in [-0.25, -0.2) is 0 Å². The third-order valence-electron chi connectivity index (χ3n) is 4.23. The van der Waals surface area contributed by atoms with E-state index in [0.717, 1.165) is 11.8 Å². The van der Waals surface area contributed by atoms with E-state index >= 15 is 0 Å². The molecule has 0 aliphatic carbocycles. The smallest absolute Gasteiger partial charge is 0.00160 e. The van der Waals surface area contributed by atoms with Crippen molar-refractivity contribution in [1.82, 2.24) is 10.2 Å². The first kappa shape index (κ1) is 15.0. The standard InChI is InChI=1S/C15H32N2/c1-14(2)15-8-12-17(13-9-15)11-7-5-4-6-10-16-3/h14-16H,4-13H2,1-3H3. The Bertz CT molecular complexity index is 172. The Labute approximate surface area is 108 Å². The van der Waals surface area contributed by atoms with Crippen molar-refractivity contribution in [3.8, 4) is 0 Å². The molecule has 1 rings (SSSR count). The van der Waals surface area contributed by atoms with E-state index in [1.807, 2.05) is 7.05 Å². The van der Waals surface area contributed by atoms with Gasteiger partial charge in [0, 0.05) is 0 Å². The zero-order valence-electron chi connectivity index (χ0n) is 12.2. The molecule has 0 unspecified atom stereocenters. The molecule has 0 aromatic carbocycles. The Kier molecular flexibility index (Phi) is 7.87. The molecule has 2 nitrogen and oxygen atoms in total. The fraction of sp³-hybridized carbons (Fsp3) is 1.00. The second kappa shape index (κ2) is 8.93. The summed E-state index contributed by atoms with van der Waals surface area (Å²) in [5.41, 5.74) is 0. The van der Waals surface area contributed by atoms with Gasteiger partial charge in [0.25, 0.3) is 0 Å². The first-order valence-corrected chi connectivity index (χ1v) is 7.61. The summed E-state index contributed by atoms with van der Waals surface area (Å²) in [6.07, 6.45) is 8.39. The summed E-state index contributed by atoms with van der Waals surface area (Å²) in [5.74, 6) is 1.88. The summed E-state index contributed by atoms with van der Waals surface area (Å²) in [4.78, 5) is 2.68. The molecule has 1 saturated heterocycles. The predicted molar refractivity (Wildman–Crippen MR) is 76.4 cm³/mol. The monoisotopic (exact) mass is 240 g/mol. The van der Waals surface area contributed by atoms with Gasteiger partial charge in [0.2, 0.25) is 0 Å². The molecule has 0 spiro atoms. The molecule has 1 aliphatic rings. The van der Waals surface area contributed by atoms with Crippen LogP contribution >= 0.6 is 0 Å². The summed E-state index contributed by atoms with van der Waals surface area (Å²) in [6.45, 7) is 9.97. The van der Waals surface area contributed by atoms with Crippen molar-refractivity contribution in [3.63, 3.8) is 0 Å². The lowest BCUT2D eigenvalue weighted by Gasteiger charge is -2.33. The van der Waals surface area contributed by atoms with E-state index < -0.39 is 0 Å². The van der Waals surface area contributed by atoms with Gasteiger partial charge in [0.05, 0.1) is 0 Å². The number of likely N-dealkylation sites (tertiary alicyclic amines) is 1. The van der Waals surface area contributed by atoms with Crippen LogP contribution in [0.4, 0.5) is 0 Å². The highest BCUT2D eigenvalue weighted by molar-refractivity contribution is 4.74. The van der Waals surface area contributed by atoms with Crippen LogP contribution in [0.3, 0.4) is 0 Å². The first-order valence-electron chi connectivity index (χ1n) is 7.61. The van der Waals surface area contributed by atoms with Crippen LogP contribution in [-0.4, -0.2) is 38.1 Å². The Morgan fingerprint density at radius 3 is 2.29 bits per heavy atom. The third kappa shape index (κ3) is 6.42. The lowest BCUT2D eigenvalue weighted by atomic mass is 9.87. The van der Waals surface area contributed by atoms with E-state index in [2.05, 4.69) is 24.1 Å². The highest BCUT2D eigenvalue weighted by Crippen LogP contribution is 2.24. The highest BCUT2D eigenvalue weighted by atomic mass is 15.1. The first-order chi connectivity index (χ1) is 8.24. The summed E-state index contributed by atoms with van der Waals surface area (Å²) in [6, 6.07) is 0. The molecule has 1 N–H and O–H groups in total. The molecule has 1 heterocycles. The zero-order chi connectivity index (χ0) is 12.5. The number of rotatable bonds is 8. The quantitative estimate of drug-likeness (QED) is 0.656. The molecule has 0 radical (unpaired) electrons. The fourth-order valence-corrected chi connectivity index (χ4v) is 2.83. The summed E-state index contributed by atoms with van der Waals surface area (Å²) in [5, 5.41) is 3.21. The van der Waals surface area contributed by atoms with Crippen molar-refractivity contribution in [2.24, 2.45) is 11.8 Å². The summed E-state index contributed by atoms with van der Waals surface area (Å²) >= 11 is 0. The van der Waals surface area contributed by atoms with Crippen LogP contribution < -0.4 is 5.32 Å². The van der Waals surface area contributed by atoms with E-state index in [1.165, 1.54) is 64.7 Å². The molecule has 0 aromatic rings. The van der Waals surface area contributed by atoms with Gasteiger partial charge in [0.1, 0.15) is 0 Å². The van der Waals surface area contributed by atoms with Crippen LogP contribution in [-0.2, 0) is 0 Å². The SMILES string of the molecule is CNCCCCCCN1CCC(C(C)C)CC1. The van der Waals surface area contributed by atoms with Gasteiger partial charge in [-0.2, -0.15) is 0 Å². The van der Waals surface area contributed by atoms with Crippen molar-refractivity contribution < 1.29 is 0 Å². The molecule has 1 fully saturated rings. The van der Waals surface area contributed by atoms with Gasteiger partial charge < -0.3 is 10.2 Å². The molecule has 102 valence electrons. The zero-order valence-corrected chi connectivity index (χ0v) is 12.2. The van der Waals surface area contributed by atoms with Crippen molar-refractivity contribution in [3.05, 3.63) is 0 Å². The van der Waals surface area contributed by atoms with E-state index in [-0.39, 0.29) is 0 Å². The number of piperidine rings is 1. The lowest BCUT2D eigenvalue weighted by Crippen LogP contribution is -2.35. The van der Waals surface area contributed by atoms with E-state index in [1.54, 1.807) is 0 Å². The van der Waals surface area contributed by atoms with Crippen LogP contribution in [0.1, 0.15) is 52.4 Å². The number of hydrogen-bond acceptors (Lipinski definition) is 2. The van der Waals surface area contributed by atoms with Gasteiger partial charge in [0.15, 0.2) is 0 Å². The van der Waals surface area contributed by atoms with E-state index in [0.29, 0.717) is 0 Å². The molecule has 2 heteroatoms. The molecule has 17 heavy (non-hydrogen) atoms. The van der Waals surface area contributed by atoms with Gasteiger partial charge in [-0.05, 0) is 70.7 Å². The van der Waals surface area contributed by atoms with Crippen molar-refractivity contribution in [2.75, 3.05) is 33.2 Å². The van der Waals surface area contributed by atoms with Crippen molar-refractivity contribution in [2.45, 2.75) is 52.4 Å². The predicted octanol–water partition coefficient (Wildman–Crippen LogP) is 3.13. The van der Waals surface area contributed by atoms with Gasteiger partial charge in [-0.3, -0.25) is 0 Å². The molecule has 0 amide bonds. The van der Waals surface area contributed by atoms with Crippen LogP contribution in [0.25, 0.3) is 0 Å². The number of hydrogen-bond donors (Lipinski definition) is 1. The average molecular weight is 240 g/mol. The number of nitrogens with one attached hydrogen (secondary N) is 1. The molecule has 1 aliphatic heterocycles. The molecule has 0 bridgehead atoms. The Morgan fingerprint density at radius 1 is 1.06 bits per heavy atom. The lowest BCUT2D eigenvalue weighted by molar-refractivity contribution is 0.155. The largest absolute Gasteiger partial charge is 0.320 e. The minimum atomic E-state index is 0.888. The van der Waals surface area contributed by atoms with Crippen molar-refractivity contribution in [1.29, 1.82) is 0 Å². The van der Waals surface area contributed by atoms with Gasteiger partial charge >= 0.3 is 0 Å². The highest BCUT2D eigenvalue weighted by Gasteiger charge is 2.20. The average Bonchev–Trinajstić information content (AvgIpc) is 2.34. The summed E-state index contributed by atoms with van der Waals surface area (Å²) in [7, 11) is 2.04. The molecule has 0 aromatic heterocycles. The normalized spacial score (nSPS) is 19.1. The molecule has 0 atom stereocenters. The molecular weight excluding hydrogens is 208 g/mol. The maximum atomic E-state index is 3.21. The van der Waals surface area contributed by atoms with Crippen LogP contribution in [0, 0.1) is 11.8 Å². The Balaban J connectivity index is 1.95. The van der Waals surface area contributed by atoms with Crippen LogP contribution in [0.2, 0.25) is 0 Å². The maximum absolute atomic E-state index is 3.21. The molecule has 0 saturated carbocycles. The van der Waals surface area contributed by atoms with E-state index in [9.17, 15) is 0 Å². The second-order valence-corrected chi connectivity index (χ2v) is 5.94. The van der Waals surface area contributed by atoms with Crippen LogP contribution in [0.15, 0.2) is 0 Å². The Hall–Kier alpha value is -0.0800. The van der Waals surface area contributed by atoms with Gasteiger partial charge in [-0.15, -0.1) is 0 Å². The van der Waals surface area contributed by atoms with Crippen molar-refractivity contribution >= 4 is 0 Å². The number of unbranched alkanes of at least 4 members (excludes halogenated alkanes) is 3. The van der Waals surface area contributed by atoms with E-state index in [4.69, 9.17) is 0 Å². The topological polar surface area (TPSA) is 15.3 Å². The Morgan fingerprint density at radius 2 is 1.71 bits per heavy atom. The maximum Gasteiger partial charge on any atom is -0.00160 e. The minimum absolute atomic E-state index is 0.888. The fourth-order valence-electron chi connectivity index (χ4n) is 2.83. The third-order valence-corrected chi connectivity index (χ3v) is 4.23. The summed E-state index contributed by atoms with van der Waals surface area (Å²) < 4.78 is 0. The number of nitrogens with zero attached hydrogens (tertiary/aromatic N) is 1. The molecular formula is C15H32N2.